The summed E-state index contributed by atoms with van der Waals surface area (Å²) in [4.78, 5) is 24.5. The molecule has 0 saturated heterocycles. The molecule has 2 N–H and O–H groups in total. The second-order valence-electron chi connectivity index (χ2n) is 7.85. The Hall–Kier alpha value is -4.65. The van der Waals surface area contributed by atoms with Gasteiger partial charge in [-0.2, -0.15) is 5.10 Å². The van der Waals surface area contributed by atoms with Gasteiger partial charge < -0.3 is 15.4 Å². The van der Waals surface area contributed by atoms with Crippen molar-refractivity contribution in [2.75, 3.05) is 5.32 Å². The van der Waals surface area contributed by atoms with Crippen molar-refractivity contribution in [3.8, 4) is 5.75 Å². The van der Waals surface area contributed by atoms with Crippen LogP contribution in [-0.2, 0) is 29.3 Å². The Morgan fingerprint density at radius 2 is 1.74 bits per heavy atom. The Labute approximate surface area is 204 Å². The van der Waals surface area contributed by atoms with Crippen molar-refractivity contribution < 1.29 is 14.3 Å². The Balaban J connectivity index is 1.25. The molecule has 1 aromatic heterocycles. The van der Waals surface area contributed by atoms with Gasteiger partial charge in [-0.1, -0.05) is 54.6 Å². The van der Waals surface area contributed by atoms with Crippen molar-refractivity contribution in [1.29, 1.82) is 0 Å². The van der Waals surface area contributed by atoms with Gasteiger partial charge in [0.15, 0.2) is 0 Å². The van der Waals surface area contributed by atoms with Crippen LogP contribution >= 0.6 is 0 Å². The predicted octanol–water partition coefficient (Wildman–Crippen LogP) is 4.43. The number of nitrogens with zero attached hydrogens (tertiary/aromatic N) is 2. The highest BCUT2D eigenvalue weighted by atomic mass is 16.5. The van der Waals surface area contributed by atoms with Crippen molar-refractivity contribution in [3.63, 3.8) is 0 Å². The molecule has 0 spiro atoms. The van der Waals surface area contributed by atoms with Gasteiger partial charge in [0.1, 0.15) is 18.9 Å². The molecule has 4 rings (SSSR count). The third-order valence-electron chi connectivity index (χ3n) is 5.08. The average Bonchev–Trinajstić information content (AvgIpc) is 3.39. The lowest BCUT2D eigenvalue weighted by molar-refractivity contribution is -0.117. The molecule has 0 aliphatic rings. The molecule has 0 saturated carbocycles. The van der Waals surface area contributed by atoms with Crippen LogP contribution in [0.1, 0.15) is 16.7 Å². The standard InChI is InChI=1S/C28H26N4O3/c33-27(14-13-22-9-5-12-26(18-22)35-21-23-7-2-1-3-8-23)29-19-24-10-4-11-25(17-24)31-28(34)20-32-16-6-15-30-32/h1-18H,19-21H2,(H,29,33)(H,31,34)/b14-13+. The lowest BCUT2D eigenvalue weighted by Gasteiger charge is -2.08. The normalized spacial score (nSPS) is 10.7. The number of hydrogen-bond donors (Lipinski definition) is 2. The molecule has 7 heteroatoms. The molecular formula is C28H26N4O3. The Bertz CT molecular complexity index is 1280. The second-order valence-corrected chi connectivity index (χ2v) is 7.85. The molecule has 2 amide bonds. The van der Waals surface area contributed by atoms with Crippen molar-refractivity contribution in [3.05, 3.63) is 120 Å². The third-order valence-corrected chi connectivity index (χ3v) is 5.08. The maximum atomic E-state index is 12.3. The van der Waals surface area contributed by atoms with Crippen LogP contribution in [0.4, 0.5) is 5.69 Å². The largest absolute Gasteiger partial charge is 0.489 e. The van der Waals surface area contributed by atoms with Gasteiger partial charge in [0.2, 0.25) is 11.8 Å². The molecule has 3 aromatic carbocycles. The third kappa shape index (κ3) is 7.71. The summed E-state index contributed by atoms with van der Waals surface area (Å²) in [5.41, 5.74) is 3.50. The van der Waals surface area contributed by atoms with E-state index in [4.69, 9.17) is 4.74 Å². The maximum Gasteiger partial charge on any atom is 0.246 e. The fourth-order valence-corrected chi connectivity index (χ4v) is 3.37. The average molecular weight is 467 g/mol. The molecule has 7 nitrogen and oxygen atoms in total. The van der Waals surface area contributed by atoms with E-state index in [-0.39, 0.29) is 18.4 Å². The zero-order valence-electron chi connectivity index (χ0n) is 19.1. The monoisotopic (exact) mass is 466 g/mol. The van der Waals surface area contributed by atoms with E-state index in [0.29, 0.717) is 18.8 Å². The van der Waals surface area contributed by atoms with Crippen LogP contribution in [-0.4, -0.2) is 21.6 Å². The number of ether oxygens (including phenoxy) is 1. The quantitative estimate of drug-likeness (QED) is 0.339. The molecule has 4 aromatic rings. The van der Waals surface area contributed by atoms with Crippen LogP contribution in [0.5, 0.6) is 5.75 Å². The van der Waals surface area contributed by atoms with Crippen molar-refractivity contribution >= 4 is 23.6 Å². The summed E-state index contributed by atoms with van der Waals surface area (Å²) in [5, 5.41) is 9.73. The van der Waals surface area contributed by atoms with E-state index < -0.39 is 0 Å². The summed E-state index contributed by atoms with van der Waals surface area (Å²) < 4.78 is 7.40. The van der Waals surface area contributed by atoms with Crippen LogP contribution < -0.4 is 15.4 Å². The van der Waals surface area contributed by atoms with Crippen LogP contribution in [0.2, 0.25) is 0 Å². The van der Waals surface area contributed by atoms with Crippen molar-refractivity contribution in [2.24, 2.45) is 0 Å². The summed E-state index contributed by atoms with van der Waals surface area (Å²) in [6.45, 7) is 0.959. The minimum atomic E-state index is -0.214. The molecule has 0 aliphatic carbocycles. The number of carbonyl (C=O) groups excluding carboxylic acids is 2. The summed E-state index contributed by atoms with van der Waals surface area (Å²) >= 11 is 0. The zero-order chi connectivity index (χ0) is 24.3. The van der Waals surface area contributed by atoms with Crippen LogP contribution in [0, 0.1) is 0 Å². The van der Waals surface area contributed by atoms with E-state index in [9.17, 15) is 9.59 Å². The number of rotatable bonds is 10. The Morgan fingerprint density at radius 3 is 2.57 bits per heavy atom. The van der Waals surface area contributed by atoms with Crippen LogP contribution in [0.3, 0.4) is 0 Å². The van der Waals surface area contributed by atoms with Crippen molar-refractivity contribution in [2.45, 2.75) is 19.7 Å². The Kier molecular flexibility index (Phi) is 8.05. The number of hydrogen-bond acceptors (Lipinski definition) is 4. The Morgan fingerprint density at radius 1 is 0.914 bits per heavy atom. The van der Waals surface area contributed by atoms with Gasteiger partial charge in [0.05, 0.1) is 0 Å². The number of nitrogens with one attached hydrogen (secondary N) is 2. The highest BCUT2D eigenvalue weighted by Crippen LogP contribution is 2.16. The molecule has 176 valence electrons. The summed E-state index contributed by atoms with van der Waals surface area (Å²) in [7, 11) is 0. The maximum absolute atomic E-state index is 12.3. The second kappa shape index (κ2) is 12.0. The lowest BCUT2D eigenvalue weighted by Crippen LogP contribution is -2.21. The minimum absolute atomic E-state index is 0.136. The van der Waals surface area contributed by atoms with E-state index in [1.807, 2.05) is 72.8 Å². The molecule has 0 unspecified atom stereocenters. The molecule has 0 bridgehead atoms. The first-order valence-electron chi connectivity index (χ1n) is 11.2. The number of amides is 2. The molecule has 1 heterocycles. The van der Waals surface area contributed by atoms with E-state index >= 15 is 0 Å². The van der Waals surface area contributed by atoms with Gasteiger partial charge in [0, 0.05) is 30.7 Å². The van der Waals surface area contributed by atoms with Crippen molar-refractivity contribution in [1.82, 2.24) is 15.1 Å². The van der Waals surface area contributed by atoms with Gasteiger partial charge in [-0.25, -0.2) is 0 Å². The van der Waals surface area contributed by atoms with E-state index in [0.717, 1.165) is 22.4 Å². The topological polar surface area (TPSA) is 85.3 Å². The SMILES string of the molecule is O=C(/C=C/c1cccc(OCc2ccccc2)c1)NCc1cccc(NC(=O)Cn2cccn2)c1. The molecule has 35 heavy (non-hydrogen) atoms. The fourth-order valence-electron chi connectivity index (χ4n) is 3.37. The summed E-state index contributed by atoms with van der Waals surface area (Å²) in [5.74, 6) is 0.351. The van der Waals surface area contributed by atoms with Gasteiger partial charge in [-0.15, -0.1) is 0 Å². The lowest BCUT2D eigenvalue weighted by atomic mass is 10.2. The summed E-state index contributed by atoms with van der Waals surface area (Å²) in [6, 6.07) is 26.7. The smallest absolute Gasteiger partial charge is 0.246 e. The molecular weight excluding hydrogens is 440 g/mol. The van der Waals surface area contributed by atoms with E-state index in [1.165, 1.54) is 6.08 Å². The van der Waals surface area contributed by atoms with Gasteiger partial charge in [-0.3, -0.25) is 14.3 Å². The first kappa shape index (κ1) is 23.5. The van der Waals surface area contributed by atoms with Gasteiger partial charge in [-0.05, 0) is 53.1 Å². The highest BCUT2D eigenvalue weighted by Gasteiger charge is 2.05. The van der Waals surface area contributed by atoms with Crippen LogP contribution in [0.25, 0.3) is 6.08 Å². The number of anilines is 1. The minimum Gasteiger partial charge on any atom is -0.489 e. The molecule has 0 atom stereocenters. The van der Waals surface area contributed by atoms with E-state index in [2.05, 4.69) is 15.7 Å². The zero-order valence-corrected chi connectivity index (χ0v) is 19.1. The fraction of sp³-hybridized carbons (Fsp3) is 0.107. The molecule has 0 radical (unpaired) electrons. The highest BCUT2D eigenvalue weighted by molar-refractivity contribution is 5.92. The van der Waals surface area contributed by atoms with E-state index in [1.54, 1.807) is 35.3 Å². The molecule has 0 fully saturated rings. The number of carbonyl (C=O) groups is 2. The first-order chi connectivity index (χ1) is 17.1. The number of benzene rings is 3. The summed E-state index contributed by atoms with van der Waals surface area (Å²) in [6.07, 6.45) is 6.59. The predicted molar refractivity (Wildman–Crippen MR) is 135 cm³/mol. The number of aromatic nitrogens is 2. The first-order valence-corrected chi connectivity index (χ1v) is 11.2. The van der Waals surface area contributed by atoms with Gasteiger partial charge in [0.25, 0.3) is 0 Å². The van der Waals surface area contributed by atoms with Gasteiger partial charge >= 0.3 is 0 Å². The molecule has 0 aliphatic heterocycles. The van der Waals surface area contributed by atoms with Crippen LogP contribution in [0.15, 0.2) is 103 Å².